The molecule has 1 heteroatoms. The van der Waals surface area contributed by atoms with Crippen LogP contribution in [0.1, 0.15) is 102 Å². The van der Waals surface area contributed by atoms with E-state index >= 15 is 0 Å². The van der Waals surface area contributed by atoms with Crippen LogP contribution in [0, 0.1) is 47.4 Å². The summed E-state index contributed by atoms with van der Waals surface area (Å²) in [6.45, 7) is 4.59. The van der Waals surface area contributed by atoms with Gasteiger partial charge in [0, 0.05) is 23.6 Å². The molecule has 28 heavy (non-hydrogen) atoms. The number of hydrogen-bond acceptors (Lipinski definition) is 1. The lowest BCUT2D eigenvalue weighted by Crippen LogP contribution is -2.13. The van der Waals surface area contributed by atoms with Crippen LogP contribution in [-0.2, 0) is 0 Å². The Morgan fingerprint density at radius 2 is 1.29 bits per heavy atom. The second-order valence-corrected chi connectivity index (χ2v) is 8.98. The minimum absolute atomic E-state index is 0.567. The predicted molar refractivity (Wildman–Crippen MR) is 119 cm³/mol. The highest BCUT2D eigenvalue weighted by molar-refractivity contribution is 5.37. The van der Waals surface area contributed by atoms with Crippen molar-refractivity contribution in [3.05, 3.63) is 29.6 Å². The SMILES string of the molecule is CCC[C@H]1CC[C@H](C#Cc2ccc(C#C[C@H]3CC[C@H](CCC)CC3)nc2)CC1. The van der Waals surface area contributed by atoms with E-state index < -0.39 is 0 Å². The molecule has 2 aliphatic rings. The minimum atomic E-state index is 0.567. The third-order valence-corrected chi connectivity index (χ3v) is 6.68. The molecule has 1 nitrogen and oxygen atoms in total. The van der Waals surface area contributed by atoms with Crippen LogP contribution in [0.4, 0.5) is 0 Å². The molecule has 2 fully saturated rings. The van der Waals surface area contributed by atoms with Crippen molar-refractivity contribution >= 4 is 0 Å². The Labute approximate surface area is 173 Å². The van der Waals surface area contributed by atoms with Gasteiger partial charge in [-0.15, -0.1) is 0 Å². The van der Waals surface area contributed by atoms with Crippen LogP contribution in [0.5, 0.6) is 0 Å². The summed E-state index contributed by atoms with van der Waals surface area (Å²) in [6, 6.07) is 4.13. The molecule has 0 aromatic carbocycles. The van der Waals surface area contributed by atoms with Crippen molar-refractivity contribution in [1.29, 1.82) is 0 Å². The summed E-state index contributed by atoms with van der Waals surface area (Å²) in [6.07, 6.45) is 17.8. The second-order valence-electron chi connectivity index (χ2n) is 8.98. The smallest absolute Gasteiger partial charge is 0.113 e. The van der Waals surface area contributed by atoms with Gasteiger partial charge < -0.3 is 0 Å². The van der Waals surface area contributed by atoms with E-state index in [4.69, 9.17) is 0 Å². The Morgan fingerprint density at radius 3 is 1.75 bits per heavy atom. The average molecular weight is 376 g/mol. The summed E-state index contributed by atoms with van der Waals surface area (Å²) >= 11 is 0. The Morgan fingerprint density at radius 1 is 0.750 bits per heavy atom. The molecule has 0 unspecified atom stereocenters. The van der Waals surface area contributed by atoms with Crippen LogP contribution in [0.3, 0.4) is 0 Å². The van der Waals surface area contributed by atoms with Crippen molar-refractivity contribution in [2.45, 2.75) is 90.9 Å². The monoisotopic (exact) mass is 375 g/mol. The summed E-state index contributed by atoms with van der Waals surface area (Å²) in [5.41, 5.74) is 1.92. The predicted octanol–water partition coefficient (Wildman–Crippen LogP) is 7.00. The van der Waals surface area contributed by atoms with E-state index in [0.717, 1.165) is 23.1 Å². The molecule has 0 N–H and O–H groups in total. The van der Waals surface area contributed by atoms with Gasteiger partial charge in [0.05, 0.1) is 0 Å². The first-order valence-electron chi connectivity index (χ1n) is 11.8. The summed E-state index contributed by atoms with van der Waals surface area (Å²) < 4.78 is 0. The maximum absolute atomic E-state index is 4.53. The number of nitrogens with zero attached hydrogens (tertiary/aromatic N) is 1. The van der Waals surface area contributed by atoms with Gasteiger partial charge in [-0.1, -0.05) is 57.3 Å². The summed E-state index contributed by atoms with van der Waals surface area (Å²) in [7, 11) is 0. The third-order valence-electron chi connectivity index (χ3n) is 6.68. The summed E-state index contributed by atoms with van der Waals surface area (Å²) in [5.74, 6) is 16.7. The van der Waals surface area contributed by atoms with E-state index in [9.17, 15) is 0 Å². The van der Waals surface area contributed by atoms with Gasteiger partial charge >= 0.3 is 0 Å². The first-order chi connectivity index (χ1) is 13.8. The molecule has 0 saturated heterocycles. The van der Waals surface area contributed by atoms with E-state index in [1.807, 2.05) is 12.3 Å². The van der Waals surface area contributed by atoms with Gasteiger partial charge in [0.1, 0.15) is 5.69 Å². The topological polar surface area (TPSA) is 12.9 Å². The van der Waals surface area contributed by atoms with Gasteiger partial charge in [-0.3, -0.25) is 0 Å². The van der Waals surface area contributed by atoms with Crippen LogP contribution in [0.15, 0.2) is 18.3 Å². The fourth-order valence-electron chi connectivity index (χ4n) is 4.91. The molecule has 0 spiro atoms. The van der Waals surface area contributed by atoms with Crippen LogP contribution in [0.2, 0.25) is 0 Å². The standard InChI is InChI=1S/C27H37N/c1-3-5-22-7-11-24(12-8-22)15-16-26-18-20-27(28-21-26)19-17-25-13-9-23(6-4-2)10-14-25/h18,20-25H,3-14H2,1-2H3/t22-,23-,24-,25-. The van der Waals surface area contributed by atoms with Gasteiger partial charge in [0.25, 0.3) is 0 Å². The van der Waals surface area contributed by atoms with Crippen molar-refractivity contribution in [1.82, 2.24) is 4.98 Å². The molecular weight excluding hydrogens is 338 g/mol. The molecule has 150 valence electrons. The van der Waals surface area contributed by atoms with E-state index in [0.29, 0.717) is 11.8 Å². The highest BCUT2D eigenvalue weighted by Crippen LogP contribution is 2.32. The first-order valence-corrected chi connectivity index (χ1v) is 11.8. The van der Waals surface area contributed by atoms with Crippen molar-refractivity contribution in [3.8, 4) is 23.7 Å². The first kappa shape index (κ1) is 21.0. The zero-order chi connectivity index (χ0) is 19.6. The van der Waals surface area contributed by atoms with Gasteiger partial charge in [-0.05, 0) is 81.3 Å². The molecule has 0 amide bonds. The zero-order valence-corrected chi connectivity index (χ0v) is 18.0. The largest absolute Gasteiger partial charge is 0.246 e. The third kappa shape index (κ3) is 6.71. The number of rotatable bonds is 4. The Hall–Kier alpha value is -1.73. The van der Waals surface area contributed by atoms with Crippen molar-refractivity contribution in [2.75, 3.05) is 0 Å². The lowest BCUT2D eigenvalue weighted by atomic mass is 9.80. The normalized spacial score (nSPS) is 27.2. The van der Waals surface area contributed by atoms with Crippen LogP contribution < -0.4 is 0 Å². The number of aromatic nitrogens is 1. The molecule has 2 aliphatic carbocycles. The average Bonchev–Trinajstić information content (AvgIpc) is 2.74. The molecule has 3 rings (SSSR count). The van der Waals surface area contributed by atoms with Gasteiger partial charge in [-0.2, -0.15) is 0 Å². The van der Waals surface area contributed by atoms with E-state index in [1.165, 1.54) is 77.0 Å². The zero-order valence-electron chi connectivity index (χ0n) is 18.0. The van der Waals surface area contributed by atoms with Crippen LogP contribution in [0.25, 0.3) is 0 Å². The minimum Gasteiger partial charge on any atom is -0.246 e. The maximum Gasteiger partial charge on any atom is 0.113 e. The Kier molecular flexibility index (Phi) is 8.48. The molecular formula is C27H37N. The van der Waals surface area contributed by atoms with Gasteiger partial charge in [-0.25, -0.2) is 4.98 Å². The Bertz CT molecular complexity index is 630. The fraction of sp³-hybridized carbons (Fsp3) is 0.667. The van der Waals surface area contributed by atoms with Gasteiger partial charge in [0.15, 0.2) is 0 Å². The molecule has 0 aliphatic heterocycles. The quantitative estimate of drug-likeness (QED) is 0.516. The molecule has 0 atom stereocenters. The van der Waals surface area contributed by atoms with E-state index in [2.05, 4.69) is 48.6 Å². The van der Waals surface area contributed by atoms with Crippen LogP contribution >= 0.6 is 0 Å². The second kappa shape index (κ2) is 11.3. The number of hydrogen-bond donors (Lipinski definition) is 0. The molecule has 0 bridgehead atoms. The van der Waals surface area contributed by atoms with Crippen LogP contribution in [-0.4, -0.2) is 4.98 Å². The maximum atomic E-state index is 4.53. The Balaban J connectivity index is 1.46. The highest BCUT2D eigenvalue weighted by atomic mass is 14.7. The van der Waals surface area contributed by atoms with Gasteiger partial charge in [0.2, 0.25) is 0 Å². The molecule has 1 aromatic heterocycles. The fourth-order valence-corrected chi connectivity index (χ4v) is 4.91. The van der Waals surface area contributed by atoms with Crippen molar-refractivity contribution in [3.63, 3.8) is 0 Å². The van der Waals surface area contributed by atoms with Crippen molar-refractivity contribution in [2.24, 2.45) is 23.7 Å². The lowest BCUT2D eigenvalue weighted by molar-refractivity contribution is 0.300. The van der Waals surface area contributed by atoms with Crippen molar-refractivity contribution < 1.29 is 0 Å². The van der Waals surface area contributed by atoms with E-state index in [1.54, 1.807) is 0 Å². The number of pyridine rings is 1. The highest BCUT2D eigenvalue weighted by Gasteiger charge is 2.19. The molecule has 1 aromatic rings. The van der Waals surface area contributed by atoms with E-state index in [-0.39, 0.29) is 0 Å². The molecule has 1 heterocycles. The lowest BCUT2D eigenvalue weighted by Gasteiger charge is -2.25. The summed E-state index contributed by atoms with van der Waals surface area (Å²) in [4.78, 5) is 4.53. The summed E-state index contributed by atoms with van der Waals surface area (Å²) in [5, 5.41) is 0. The molecule has 0 radical (unpaired) electrons. The molecule has 2 saturated carbocycles.